The van der Waals surface area contributed by atoms with E-state index in [0.717, 1.165) is 0 Å². The van der Waals surface area contributed by atoms with Crippen molar-refractivity contribution in [1.82, 2.24) is 4.98 Å². The van der Waals surface area contributed by atoms with Crippen molar-refractivity contribution in [3.63, 3.8) is 0 Å². The lowest BCUT2D eigenvalue weighted by Gasteiger charge is -2.15. The molecule has 0 fully saturated rings. The second kappa shape index (κ2) is 5.36. The van der Waals surface area contributed by atoms with Gasteiger partial charge in [0.2, 0.25) is 0 Å². The zero-order chi connectivity index (χ0) is 15.7. The molecular weight excluding hydrogens is 307 g/mol. The number of hydrogen-bond donors (Lipinski definition) is 0. The highest BCUT2D eigenvalue weighted by atomic mass is 32.2. The highest BCUT2D eigenvalue weighted by Crippen LogP contribution is 2.36. The van der Waals surface area contributed by atoms with Crippen LogP contribution < -0.4 is 4.18 Å². The third-order valence-corrected chi connectivity index (χ3v) is 3.63. The summed E-state index contributed by atoms with van der Waals surface area (Å²) >= 11 is 0. The van der Waals surface area contributed by atoms with Crippen LogP contribution in [-0.4, -0.2) is 18.9 Å². The first-order valence-electron chi connectivity index (χ1n) is 5.73. The maximum atomic E-state index is 12.5. The Hall–Kier alpha value is -2.09. The Morgan fingerprint density at radius 2 is 1.71 bits per heavy atom. The number of aromatic nitrogens is 1. The van der Waals surface area contributed by atoms with Crippen LogP contribution in [0.1, 0.15) is 5.56 Å². The fourth-order valence-electron chi connectivity index (χ4n) is 1.68. The smallest absolute Gasteiger partial charge is 0.375 e. The molecule has 2 aromatic rings. The maximum absolute atomic E-state index is 12.5. The Morgan fingerprint density at radius 3 is 2.29 bits per heavy atom. The fraction of sp³-hybridized carbons (Fsp3) is 0.154. The van der Waals surface area contributed by atoms with E-state index in [4.69, 9.17) is 0 Å². The number of hydrogen-bond acceptors (Lipinski definition) is 4. The minimum atomic E-state index is -5.72. The van der Waals surface area contributed by atoms with Crippen LogP contribution in [-0.2, 0) is 10.1 Å². The van der Waals surface area contributed by atoms with Gasteiger partial charge in [0.05, 0.1) is 0 Å². The summed E-state index contributed by atoms with van der Waals surface area (Å²) < 4.78 is 64.1. The summed E-state index contributed by atoms with van der Waals surface area (Å²) in [4.78, 5) is 3.80. The molecule has 0 spiro atoms. The molecule has 1 heterocycles. The Morgan fingerprint density at radius 1 is 1.10 bits per heavy atom. The lowest BCUT2D eigenvalue weighted by molar-refractivity contribution is -0.0500. The molecule has 112 valence electrons. The van der Waals surface area contributed by atoms with Gasteiger partial charge in [0.15, 0.2) is 5.75 Å². The van der Waals surface area contributed by atoms with Gasteiger partial charge in [0, 0.05) is 18.0 Å². The Balaban J connectivity index is 2.55. The van der Waals surface area contributed by atoms with Crippen LogP contribution in [0.25, 0.3) is 11.1 Å². The molecule has 0 aliphatic carbocycles. The van der Waals surface area contributed by atoms with Crippen molar-refractivity contribution in [3.8, 4) is 16.9 Å². The number of halogens is 3. The number of pyridine rings is 1. The summed E-state index contributed by atoms with van der Waals surface area (Å²) in [7, 11) is -5.72. The molecule has 0 saturated carbocycles. The van der Waals surface area contributed by atoms with Crippen molar-refractivity contribution in [1.29, 1.82) is 0 Å². The second-order valence-corrected chi connectivity index (χ2v) is 5.71. The quantitative estimate of drug-likeness (QED) is 0.644. The summed E-state index contributed by atoms with van der Waals surface area (Å²) in [5.74, 6) is -0.346. The van der Waals surface area contributed by atoms with Gasteiger partial charge < -0.3 is 4.18 Å². The molecule has 0 atom stereocenters. The molecule has 0 bridgehead atoms. The van der Waals surface area contributed by atoms with Crippen molar-refractivity contribution < 1.29 is 25.8 Å². The molecule has 0 aliphatic rings. The average Bonchev–Trinajstić information content (AvgIpc) is 2.40. The van der Waals surface area contributed by atoms with Gasteiger partial charge in [-0.3, -0.25) is 4.98 Å². The van der Waals surface area contributed by atoms with Crippen LogP contribution in [0.15, 0.2) is 42.7 Å². The maximum Gasteiger partial charge on any atom is 0.534 e. The van der Waals surface area contributed by atoms with E-state index in [1.165, 1.54) is 31.5 Å². The number of aryl methyl sites for hydroxylation is 1. The number of nitrogens with zero attached hydrogens (tertiary/aromatic N) is 1. The van der Waals surface area contributed by atoms with Crippen molar-refractivity contribution in [3.05, 3.63) is 48.3 Å². The van der Waals surface area contributed by atoms with Gasteiger partial charge in [-0.15, -0.1) is 0 Å². The zero-order valence-electron chi connectivity index (χ0n) is 10.8. The topological polar surface area (TPSA) is 56.3 Å². The predicted octanol–water partition coefficient (Wildman–Crippen LogP) is 3.29. The summed E-state index contributed by atoms with van der Waals surface area (Å²) in [6, 6.07) is 7.62. The molecule has 0 N–H and O–H groups in total. The van der Waals surface area contributed by atoms with Crippen LogP contribution in [0.4, 0.5) is 13.2 Å². The molecule has 0 amide bonds. The van der Waals surface area contributed by atoms with E-state index in [0.29, 0.717) is 5.56 Å². The summed E-state index contributed by atoms with van der Waals surface area (Å²) in [5, 5.41) is 0. The standard InChI is InChI=1S/C13H10F3NO3S/c1-9-3-2-4-11(10-5-7-17-8-6-10)12(9)20-21(18,19)13(14,15)16/h2-8H,1H3. The van der Waals surface area contributed by atoms with E-state index in [1.54, 1.807) is 18.2 Å². The molecule has 4 nitrogen and oxygen atoms in total. The summed E-state index contributed by atoms with van der Waals surface area (Å²) in [6.07, 6.45) is 2.89. The van der Waals surface area contributed by atoms with Gasteiger partial charge in [0.25, 0.3) is 0 Å². The van der Waals surface area contributed by atoms with Gasteiger partial charge in [-0.05, 0) is 30.2 Å². The molecular formula is C13H10F3NO3S. The molecule has 0 saturated heterocycles. The number of rotatable bonds is 3. The number of para-hydroxylation sites is 1. The molecule has 1 aromatic heterocycles. The highest BCUT2D eigenvalue weighted by molar-refractivity contribution is 7.88. The molecule has 0 radical (unpaired) electrons. The van der Waals surface area contributed by atoms with Gasteiger partial charge >= 0.3 is 15.6 Å². The first-order chi connectivity index (χ1) is 9.72. The van der Waals surface area contributed by atoms with Crippen LogP contribution >= 0.6 is 0 Å². The monoisotopic (exact) mass is 317 g/mol. The molecule has 21 heavy (non-hydrogen) atoms. The largest absolute Gasteiger partial charge is 0.534 e. The van der Waals surface area contributed by atoms with Gasteiger partial charge in [-0.25, -0.2) is 0 Å². The minimum Gasteiger partial charge on any atom is -0.375 e. The Labute approximate surface area is 119 Å². The fourth-order valence-corrected chi connectivity index (χ4v) is 2.21. The molecule has 0 unspecified atom stereocenters. The molecule has 8 heteroatoms. The Bertz CT molecular complexity index is 743. The Kier molecular flexibility index (Phi) is 3.91. The van der Waals surface area contributed by atoms with Gasteiger partial charge in [0.1, 0.15) is 0 Å². The average molecular weight is 317 g/mol. The summed E-state index contributed by atoms with van der Waals surface area (Å²) in [6.45, 7) is 1.46. The van der Waals surface area contributed by atoms with E-state index in [-0.39, 0.29) is 16.9 Å². The predicted molar refractivity (Wildman–Crippen MR) is 70.0 cm³/mol. The van der Waals surface area contributed by atoms with Crippen molar-refractivity contribution >= 4 is 10.1 Å². The van der Waals surface area contributed by atoms with Gasteiger partial charge in [-0.1, -0.05) is 18.2 Å². The van der Waals surface area contributed by atoms with E-state index in [2.05, 4.69) is 9.17 Å². The normalized spacial score (nSPS) is 12.2. The minimum absolute atomic E-state index is 0.241. The van der Waals surface area contributed by atoms with Crippen LogP contribution in [0.5, 0.6) is 5.75 Å². The van der Waals surface area contributed by atoms with Crippen molar-refractivity contribution in [2.45, 2.75) is 12.4 Å². The zero-order valence-corrected chi connectivity index (χ0v) is 11.6. The third-order valence-electron chi connectivity index (χ3n) is 2.68. The SMILES string of the molecule is Cc1cccc(-c2ccncc2)c1OS(=O)(=O)C(F)(F)F. The molecule has 2 rings (SSSR count). The van der Waals surface area contributed by atoms with E-state index >= 15 is 0 Å². The lowest BCUT2D eigenvalue weighted by atomic mass is 10.0. The van der Waals surface area contributed by atoms with Crippen LogP contribution in [0, 0.1) is 6.92 Å². The van der Waals surface area contributed by atoms with E-state index in [1.807, 2.05) is 0 Å². The number of alkyl halides is 3. The third kappa shape index (κ3) is 3.15. The number of benzene rings is 1. The van der Waals surface area contributed by atoms with Gasteiger partial charge in [-0.2, -0.15) is 21.6 Å². The highest BCUT2D eigenvalue weighted by Gasteiger charge is 2.49. The first kappa shape index (κ1) is 15.3. The lowest BCUT2D eigenvalue weighted by Crippen LogP contribution is -2.28. The van der Waals surface area contributed by atoms with Crippen molar-refractivity contribution in [2.75, 3.05) is 0 Å². The van der Waals surface area contributed by atoms with Crippen molar-refractivity contribution in [2.24, 2.45) is 0 Å². The second-order valence-electron chi connectivity index (χ2n) is 4.17. The first-order valence-corrected chi connectivity index (χ1v) is 7.14. The summed E-state index contributed by atoms with van der Waals surface area (Å²) in [5.41, 5.74) is -4.46. The van der Waals surface area contributed by atoms with E-state index in [9.17, 15) is 21.6 Å². The van der Waals surface area contributed by atoms with Crippen LogP contribution in [0.3, 0.4) is 0 Å². The molecule has 0 aliphatic heterocycles. The van der Waals surface area contributed by atoms with E-state index < -0.39 is 15.6 Å². The molecule has 1 aromatic carbocycles. The van der Waals surface area contributed by atoms with Crippen LogP contribution in [0.2, 0.25) is 0 Å².